The van der Waals surface area contributed by atoms with Crippen LogP contribution in [0.3, 0.4) is 0 Å². The van der Waals surface area contributed by atoms with E-state index in [0.29, 0.717) is 0 Å². The molecule has 0 saturated heterocycles. The SMILES string of the molecule is CC[Si](CC)(CC)CCCC[Si](OC)(OC)OC. The van der Waals surface area contributed by atoms with Crippen molar-refractivity contribution in [3.63, 3.8) is 0 Å². The highest BCUT2D eigenvalue weighted by Gasteiger charge is 2.37. The maximum absolute atomic E-state index is 5.45. The van der Waals surface area contributed by atoms with Crippen molar-refractivity contribution in [3.05, 3.63) is 0 Å². The topological polar surface area (TPSA) is 27.7 Å². The van der Waals surface area contributed by atoms with Gasteiger partial charge in [0.2, 0.25) is 0 Å². The first-order valence-corrected chi connectivity index (χ1v) is 12.0. The quantitative estimate of drug-likeness (QED) is 0.423. The normalized spacial score (nSPS) is 13.0. The molecule has 0 saturated carbocycles. The third kappa shape index (κ3) is 5.13. The van der Waals surface area contributed by atoms with Crippen molar-refractivity contribution < 1.29 is 13.3 Å². The summed E-state index contributed by atoms with van der Waals surface area (Å²) in [6.45, 7) is 7.12. The van der Waals surface area contributed by atoms with Gasteiger partial charge in [0.1, 0.15) is 0 Å². The molecule has 0 aromatic heterocycles. The van der Waals surface area contributed by atoms with Crippen LogP contribution in [0.2, 0.25) is 30.2 Å². The van der Waals surface area contributed by atoms with Crippen LogP contribution < -0.4 is 0 Å². The second-order valence-corrected chi connectivity index (χ2v) is 13.8. The predicted octanol–water partition coefficient (Wildman–Crippen LogP) is 4.15. The summed E-state index contributed by atoms with van der Waals surface area (Å²) in [4.78, 5) is 0. The second-order valence-electron chi connectivity index (χ2n) is 5.06. The molecule has 0 rings (SSSR count). The molecule has 0 aliphatic heterocycles. The smallest absolute Gasteiger partial charge is 0.377 e. The Bertz CT molecular complexity index is 166. The lowest BCUT2D eigenvalue weighted by atomic mass is 10.4. The van der Waals surface area contributed by atoms with Crippen molar-refractivity contribution in [3.8, 4) is 0 Å². The Morgan fingerprint density at radius 3 is 1.39 bits per heavy atom. The van der Waals surface area contributed by atoms with Gasteiger partial charge in [-0.2, -0.15) is 0 Å². The molecular formula is C13H32O3Si2. The van der Waals surface area contributed by atoms with E-state index >= 15 is 0 Å². The maximum Gasteiger partial charge on any atom is 0.500 e. The Balaban J connectivity index is 4.11. The van der Waals surface area contributed by atoms with Crippen LogP contribution in [0.25, 0.3) is 0 Å². The van der Waals surface area contributed by atoms with Gasteiger partial charge in [-0.25, -0.2) is 0 Å². The molecule has 0 aromatic carbocycles. The highest BCUT2D eigenvalue weighted by Crippen LogP contribution is 2.28. The van der Waals surface area contributed by atoms with Crippen molar-refractivity contribution in [2.45, 2.75) is 63.8 Å². The molecule has 0 atom stereocenters. The fourth-order valence-electron chi connectivity index (χ4n) is 2.68. The van der Waals surface area contributed by atoms with E-state index < -0.39 is 16.9 Å². The molecule has 3 nitrogen and oxygen atoms in total. The molecule has 0 amide bonds. The Hall–Kier alpha value is 0.314. The molecule has 5 heteroatoms. The van der Waals surface area contributed by atoms with E-state index in [-0.39, 0.29) is 0 Å². The first-order chi connectivity index (χ1) is 8.57. The van der Waals surface area contributed by atoms with Crippen LogP contribution in [0, 0.1) is 0 Å². The highest BCUT2D eigenvalue weighted by atomic mass is 28.4. The minimum absolute atomic E-state index is 0.943. The summed E-state index contributed by atoms with van der Waals surface area (Å²) >= 11 is 0. The zero-order valence-corrected chi connectivity index (χ0v) is 15.2. The van der Waals surface area contributed by atoms with Gasteiger partial charge in [0.25, 0.3) is 0 Å². The monoisotopic (exact) mass is 292 g/mol. The fourth-order valence-corrected chi connectivity index (χ4v) is 8.03. The minimum atomic E-state index is -2.33. The maximum atomic E-state index is 5.45. The molecule has 0 N–H and O–H groups in total. The van der Waals surface area contributed by atoms with Gasteiger partial charge >= 0.3 is 8.80 Å². The van der Waals surface area contributed by atoms with Gasteiger partial charge < -0.3 is 13.3 Å². The van der Waals surface area contributed by atoms with Gasteiger partial charge in [0.15, 0.2) is 0 Å². The van der Waals surface area contributed by atoms with Crippen molar-refractivity contribution in [1.29, 1.82) is 0 Å². The van der Waals surface area contributed by atoms with Crippen molar-refractivity contribution in [2.24, 2.45) is 0 Å². The zero-order valence-electron chi connectivity index (χ0n) is 13.2. The molecule has 0 aliphatic carbocycles. The van der Waals surface area contributed by atoms with Crippen LogP contribution in [-0.2, 0) is 13.3 Å². The van der Waals surface area contributed by atoms with Gasteiger partial charge in [0.05, 0.1) is 8.07 Å². The summed E-state index contributed by atoms with van der Waals surface area (Å²) in [5.41, 5.74) is 0. The second kappa shape index (κ2) is 9.25. The van der Waals surface area contributed by atoms with E-state index in [4.69, 9.17) is 13.3 Å². The van der Waals surface area contributed by atoms with E-state index in [1.807, 2.05) is 0 Å². The lowest BCUT2D eigenvalue weighted by molar-refractivity contribution is 0.123. The van der Waals surface area contributed by atoms with Gasteiger partial charge in [-0.3, -0.25) is 0 Å². The molecule has 0 radical (unpaired) electrons. The van der Waals surface area contributed by atoms with E-state index in [9.17, 15) is 0 Å². The molecule has 0 fully saturated rings. The molecule has 0 bridgehead atoms. The first-order valence-electron chi connectivity index (χ1n) is 7.23. The largest absolute Gasteiger partial charge is 0.500 e. The summed E-state index contributed by atoms with van der Waals surface area (Å²) in [5, 5.41) is 0. The van der Waals surface area contributed by atoms with Crippen LogP contribution in [0.1, 0.15) is 33.6 Å². The summed E-state index contributed by atoms with van der Waals surface area (Å²) in [6.07, 6.45) is 2.46. The van der Waals surface area contributed by atoms with Gasteiger partial charge in [-0.05, 0) is 6.42 Å². The molecular weight excluding hydrogens is 260 g/mol. The van der Waals surface area contributed by atoms with E-state index in [1.54, 1.807) is 21.3 Å². The van der Waals surface area contributed by atoms with Crippen LogP contribution in [0.5, 0.6) is 0 Å². The lowest BCUT2D eigenvalue weighted by Gasteiger charge is -2.29. The molecule has 110 valence electrons. The average molecular weight is 293 g/mol. The van der Waals surface area contributed by atoms with Crippen LogP contribution >= 0.6 is 0 Å². The van der Waals surface area contributed by atoms with Crippen molar-refractivity contribution in [1.82, 2.24) is 0 Å². The van der Waals surface area contributed by atoms with Crippen LogP contribution in [-0.4, -0.2) is 38.2 Å². The van der Waals surface area contributed by atoms with Crippen LogP contribution in [0.15, 0.2) is 0 Å². The van der Waals surface area contributed by atoms with Crippen molar-refractivity contribution in [2.75, 3.05) is 21.3 Å². The summed E-state index contributed by atoms with van der Waals surface area (Å²) < 4.78 is 16.4. The van der Waals surface area contributed by atoms with E-state index in [1.165, 1.54) is 30.6 Å². The number of unbranched alkanes of at least 4 members (excludes halogenated alkanes) is 1. The third-order valence-electron chi connectivity index (χ3n) is 4.62. The fraction of sp³-hybridized carbons (Fsp3) is 1.00. The number of rotatable bonds is 11. The van der Waals surface area contributed by atoms with Gasteiger partial charge in [0, 0.05) is 27.4 Å². The minimum Gasteiger partial charge on any atom is -0.377 e. The molecule has 0 unspecified atom stereocenters. The highest BCUT2D eigenvalue weighted by molar-refractivity contribution is 6.79. The molecule has 0 aromatic rings. The Labute approximate surface area is 116 Å². The lowest BCUT2D eigenvalue weighted by Crippen LogP contribution is -2.42. The summed E-state index contributed by atoms with van der Waals surface area (Å²) in [6, 6.07) is 6.64. The first kappa shape index (κ1) is 18.3. The summed E-state index contributed by atoms with van der Waals surface area (Å²) in [5.74, 6) is 0. The van der Waals surface area contributed by atoms with Crippen LogP contribution in [0.4, 0.5) is 0 Å². The predicted molar refractivity (Wildman–Crippen MR) is 82.8 cm³/mol. The standard InChI is InChI=1S/C13H32O3Si2/c1-7-17(8-2,9-3)12-10-11-13-18(14-4,15-5)16-6/h7-13H2,1-6H3. The van der Waals surface area contributed by atoms with Gasteiger partial charge in [-0.15, -0.1) is 0 Å². The van der Waals surface area contributed by atoms with E-state index in [0.717, 1.165) is 12.5 Å². The number of hydrogen-bond donors (Lipinski definition) is 0. The van der Waals surface area contributed by atoms with Crippen molar-refractivity contribution >= 4 is 16.9 Å². The number of hydrogen-bond acceptors (Lipinski definition) is 3. The molecule has 0 spiro atoms. The Morgan fingerprint density at radius 2 is 1.06 bits per heavy atom. The Morgan fingerprint density at radius 1 is 0.667 bits per heavy atom. The van der Waals surface area contributed by atoms with E-state index in [2.05, 4.69) is 20.8 Å². The summed E-state index contributed by atoms with van der Waals surface area (Å²) in [7, 11) is 1.81. The molecule has 0 heterocycles. The third-order valence-corrected chi connectivity index (χ3v) is 13.4. The van der Waals surface area contributed by atoms with Gasteiger partial charge in [-0.1, -0.05) is 51.4 Å². The zero-order chi connectivity index (χ0) is 14.1. The average Bonchev–Trinajstić information content (AvgIpc) is 2.45. The molecule has 0 aliphatic rings. The Kier molecular flexibility index (Phi) is 9.42. The molecule has 18 heavy (non-hydrogen) atoms.